The molecule has 1 aliphatic rings. The SMILES string of the molecule is O=C1CCC(NC(=O)COc2ccccc2F)CN1. The van der Waals surface area contributed by atoms with E-state index in [0.717, 1.165) is 0 Å². The van der Waals surface area contributed by atoms with Crippen LogP contribution >= 0.6 is 0 Å². The second-order valence-electron chi connectivity index (χ2n) is 4.33. The van der Waals surface area contributed by atoms with Gasteiger partial charge in [-0.1, -0.05) is 12.1 Å². The van der Waals surface area contributed by atoms with Crippen molar-refractivity contribution in [1.82, 2.24) is 10.6 Å². The average Bonchev–Trinajstić information content (AvgIpc) is 2.40. The molecule has 1 unspecified atom stereocenters. The predicted molar refractivity (Wildman–Crippen MR) is 66.1 cm³/mol. The molecule has 0 radical (unpaired) electrons. The Bertz CT molecular complexity index is 469. The zero-order valence-electron chi connectivity index (χ0n) is 10.3. The number of hydrogen-bond donors (Lipinski definition) is 2. The molecule has 1 fully saturated rings. The van der Waals surface area contributed by atoms with E-state index in [1.807, 2.05) is 0 Å². The predicted octanol–water partition coefficient (Wildman–Crippen LogP) is 0.599. The molecule has 1 atom stereocenters. The highest BCUT2D eigenvalue weighted by molar-refractivity contribution is 5.79. The number of rotatable bonds is 4. The molecular formula is C13H15FN2O3. The van der Waals surface area contributed by atoms with E-state index in [0.29, 0.717) is 19.4 Å². The summed E-state index contributed by atoms with van der Waals surface area (Å²) in [5.41, 5.74) is 0. The first-order valence-corrected chi connectivity index (χ1v) is 6.08. The van der Waals surface area contributed by atoms with Crippen LogP contribution in [-0.2, 0) is 9.59 Å². The van der Waals surface area contributed by atoms with Crippen molar-refractivity contribution < 1.29 is 18.7 Å². The van der Waals surface area contributed by atoms with Gasteiger partial charge in [0, 0.05) is 19.0 Å². The highest BCUT2D eigenvalue weighted by atomic mass is 19.1. The first kappa shape index (κ1) is 13.3. The molecule has 2 amide bonds. The lowest BCUT2D eigenvalue weighted by Crippen LogP contribution is -2.48. The number of amides is 2. The molecular weight excluding hydrogens is 251 g/mol. The lowest BCUT2D eigenvalue weighted by Gasteiger charge is -2.23. The average molecular weight is 266 g/mol. The van der Waals surface area contributed by atoms with Gasteiger partial charge in [0.05, 0.1) is 0 Å². The molecule has 1 heterocycles. The fourth-order valence-electron chi connectivity index (χ4n) is 1.83. The minimum Gasteiger partial charge on any atom is -0.481 e. The second kappa shape index (κ2) is 6.17. The van der Waals surface area contributed by atoms with Crippen LogP contribution in [0, 0.1) is 5.82 Å². The fourth-order valence-corrected chi connectivity index (χ4v) is 1.83. The summed E-state index contributed by atoms with van der Waals surface area (Å²) in [6, 6.07) is 5.82. The van der Waals surface area contributed by atoms with Gasteiger partial charge < -0.3 is 15.4 Å². The number of carbonyl (C=O) groups is 2. The van der Waals surface area contributed by atoms with Crippen LogP contribution in [0.4, 0.5) is 4.39 Å². The molecule has 1 aliphatic heterocycles. The summed E-state index contributed by atoms with van der Waals surface area (Å²) >= 11 is 0. The van der Waals surface area contributed by atoms with Gasteiger partial charge in [0.25, 0.3) is 5.91 Å². The van der Waals surface area contributed by atoms with Crippen LogP contribution < -0.4 is 15.4 Å². The number of carbonyl (C=O) groups excluding carboxylic acids is 2. The smallest absolute Gasteiger partial charge is 0.258 e. The molecule has 1 aromatic rings. The molecule has 0 spiro atoms. The van der Waals surface area contributed by atoms with E-state index in [4.69, 9.17) is 4.74 Å². The van der Waals surface area contributed by atoms with E-state index in [2.05, 4.69) is 10.6 Å². The summed E-state index contributed by atoms with van der Waals surface area (Å²) in [4.78, 5) is 22.6. The quantitative estimate of drug-likeness (QED) is 0.838. The second-order valence-corrected chi connectivity index (χ2v) is 4.33. The lowest BCUT2D eigenvalue weighted by atomic mass is 10.1. The van der Waals surface area contributed by atoms with E-state index in [1.165, 1.54) is 12.1 Å². The third kappa shape index (κ3) is 3.94. The van der Waals surface area contributed by atoms with Gasteiger partial charge in [-0.15, -0.1) is 0 Å². The molecule has 1 saturated heterocycles. The van der Waals surface area contributed by atoms with E-state index < -0.39 is 5.82 Å². The fraction of sp³-hybridized carbons (Fsp3) is 0.385. The van der Waals surface area contributed by atoms with E-state index in [9.17, 15) is 14.0 Å². The first-order valence-electron chi connectivity index (χ1n) is 6.08. The van der Waals surface area contributed by atoms with Crippen molar-refractivity contribution in [1.29, 1.82) is 0 Å². The molecule has 102 valence electrons. The standard InChI is InChI=1S/C13H15FN2O3/c14-10-3-1-2-4-11(10)19-8-13(18)16-9-5-6-12(17)15-7-9/h1-4,9H,5-8H2,(H,15,17)(H,16,18). The van der Waals surface area contributed by atoms with Gasteiger partial charge in [-0.3, -0.25) is 9.59 Å². The summed E-state index contributed by atoms with van der Waals surface area (Å²) in [6.45, 7) is 0.176. The summed E-state index contributed by atoms with van der Waals surface area (Å²) in [5.74, 6) is -0.785. The van der Waals surface area contributed by atoms with Crippen LogP contribution in [0.3, 0.4) is 0 Å². The monoisotopic (exact) mass is 266 g/mol. The maximum absolute atomic E-state index is 13.2. The third-order valence-corrected chi connectivity index (χ3v) is 2.83. The van der Waals surface area contributed by atoms with Crippen molar-refractivity contribution in [2.45, 2.75) is 18.9 Å². The van der Waals surface area contributed by atoms with E-state index >= 15 is 0 Å². The number of benzene rings is 1. The van der Waals surface area contributed by atoms with Gasteiger partial charge in [0.15, 0.2) is 18.2 Å². The number of piperidine rings is 1. The van der Waals surface area contributed by atoms with Crippen molar-refractivity contribution in [3.63, 3.8) is 0 Å². The molecule has 5 nitrogen and oxygen atoms in total. The van der Waals surface area contributed by atoms with Gasteiger partial charge in [-0.05, 0) is 18.6 Å². The van der Waals surface area contributed by atoms with E-state index in [1.54, 1.807) is 12.1 Å². The number of hydrogen-bond acceptors (Lipinski definition) is 3. The number of ether oxygens (including phenoxy) is 1. The van der Waals surface area contributed by atoms with E-state index in [-0.39, 0.29) is 30.2 Å². The molecule has 6 heteroatoms. The van der Waals surface area contributed by atoms with Gasteiger partial charge in [-0.2, -0.15) is 0 Å². The Kier molecular flexibility index (Phi) is 4.33. The van der Waals surface area contributed by atoms with Crippen molar-refractivity contribution in [3.05, 3.63) is 30.1 Å². The maximum Gasteiger partial charge on any atom is 0.258 e. The van der Waals surface area contributed by atoms with Gasteiger partial charge >= 0.3 is 0 Å². The van der Waals surface area contributed by atoms with Crippen LogP contribution in [0.2, 0.25) is 0 Å². The van der Waals surface area contributed by atoms with Gasteiger partial charge in [-0.25, -0.2) is 4.39 Å². The molecule has 0 bridgehead atoms. The minimum absolute atomic E-state index is 0.00638. The Labute approximate surface area is 110 Å². The largest absolute Gasteiger partial charge is 0.481 e. The molecule has 0 saturated carbocycles. The van der Waals surface area contributed by atoms with Crippen LogP contribution in [0.1, 0.15) is 12.8 Å². The molecule has 19 heavy (non-hydrogen) atoms. The van der Waals surface area contributed by atoms with Gasteiger partial charge in [0.2, 0.25) is 5.91 Å². The molecule has 2 N–H and O–H groups in total. The van der Waals surface area contributed by atoms with Crippen LogP contribution in [0.5, 0.6) is 5.75 Å². The van der Waals surface area contributed by atoms with Crippen LogP contribution in [0.15, 0.2) is 24.3 Å². The first-order chi connectivity index (χ1) is 9.15. The Hall–Kier alpha value is -2.11. The summed E-state index contributed by atoms with van der Waals surface area (Å²) < 4.78 is 18.3. The minimum atomic E-state index is -0.500. The Morgan fingerprint density at radius 1 is 1.47 bits per heavy atom. The lowest BCUT2D eigenvalue weighted by molar-refractivity contribution is -0.126. The molecule has 0 aromatic heterocycles. The summed E-state index contributed by atoms with van der Waals surface area (Å²) in [6.07, 6.45) is 1.01. The Balaban J connectivity index is 1.76. The highest BCUT2D eigenvalue weighted by Crippen LogP contribution is 2.14. The highest BCUT2D eigenvalue weighted by Gasteiger charge is 2.19. The van der Waals surface area contributed by atoms with Crippen molar-refractivity contribution in [2.75, 3.05) is 13.2 Å². The molecule has 0 aliphatic carbocycles. The van der Waals surface area contributed by atoms with Crippen LogP contribution in [0.25, 0.3) is 0 Å². The Morgan fingerprint density at radius 2 is 2.26 bits per heavy atom. The van der Waals surface area contributed by atoms with Crippen molar-refractivity contribution >= 4 is 11.8 Å². The number of nitrogens with one attached hydrogen (secondary N) is 2. The topological polar surface area (TPSA) is 67.4 Å². The number of para-hydroxylation sites is 1. The third-order valence-electron chi connectivity index (χ3n) is 2.83. The number of halogens is 1. The van der Waals surface area contributed by atoms with Gasteiger partial charge in [0.1, 0.15) is 0 Å². The normalized spacial score (nSPS) is 18.6. The Morgan fingerprint density at radius 3 is 2.95 bits per heavy atom. The zero-order valence-corrected chi connectivity index (χ0v) is 10.3. The summed E-state index contributed by atoms with van der Waals surface area (Å²) in [5, 5.41) is 5.39. The zero-order chi connectivity index (χ0) is 13.7. The van der Waals surface area contributed by atoms with Crippen molar-refractivity contribution in [2.24, 2.45) is 0 Å². The van der Waals surface area contributed by atoms with Crippen LogP contribution in [-0.4, -0.2) is 31.0 Å². The summed E-state index contributed by atoms with van der Waals surface area (Å²) in [7, 11) is 0. The van der Waals surface area contributed by atoms with Crippen molar-refractivity contribution in [3.8, 4) is 5.75 Å². The molecule has 2 rings (SSSR count). The maximum atomic E-state index is 13.2. The molecule has 1 aromatic carbocycles.